The molecular weight excluding hydrogens is 328 g/mol. The molecule has 0 saturated carbocycles. The molecule has 92 valence electrons. The first-order valence-electron chi connectivity index (χ1n) is 4.60. The highest BCUT2D eigenvalue weighted by atomic mass is 79.9. The summed E-state index contributed by atoms with van der Waals surface area (Å²) in [6.45, 7) is 0. The van der Waals surface area contributed by atoms with E-state index in [1.54, 1.807) is 18.2 Å². The highest BCUT2D eigenvalue weighted by molar-refractivity contribution is 9.10. The zero-order valence-electron chi connectivity index (χ0n) is 8.70. The van der Waals surface area contributed by atoms with Gasteiger partial charge in [-0.05, 0) is 34.1 Å². The maximum absolute atomic E-state index is 11.5. The number of amides is 2. The van der Waals surface area contributed by atoms with Gasteiger partial charge in [0.25, 0.3) is 0 Å². The summed E-state index contributed by atoms with van der Waals surface area (Å²) in [6, 6.07) is 5.08. The van der Waals surface area contributed by atoms with Gasteiger partial charge in [-0.1, -0.05) is 11.6 Å². The molecule has 0 atom stereocenters. The molecule has 3 N–H and O–H groups in total. The van der Waals surface area contributed by atoms with Gasteiger partial charge < -0.3 is 11.1 Å². The van der Waals surface area contributed by atoms with E-state index >= 15 is 0 Å². The maximum Gasteiger partial charge on any atom is 0.234 e. The van der Waals surface area contributed by atoms with Crippen molar-refractivity contribution in [3.8, 4) is 0 Å². The molecule has 0 saturated heterocycles. The van der Waals surface area contributed by atoms with Crippen LogP contribution in [0.3, 0.4) is 0 Å². The molecular formula is C10H10BrClN2O2S. The normalized spacial score (nSPS) is 10.0. The van der Waals surface area contributed by atoms with Crippen molar-refractivity contribution in [2.75, 3.05) is 16.8 Å². The van der Waals surface area contributed by atoms with Gasteiger partial charge in [-0.2, -0.15) is 0 Å². The average Bonchev–Trinajstić information content (AvgIpc) is 2.23. The highest BCUT2D eigenvalue weighted by Crippen LogP contribution is 2.25. The van der Waals surface area contributed by atoms with Crippen LogP contribution in [0.1, 0.15) is 0 Å². The molecule has 4 nitrogen and oxygen atoms in total. The summed E-state index contributed by atoms with van der Waals surface area (Å²) in [5.74, 6) is -0.302. The lowest BCUT2D eigenvalue weighted by molar-refractivity contribution is -0.115. The van der Waals surface area contributed by atoms with E-state index in [0.717, 1.165) is 0 Å². The Morgan fingerprint density at radius 2 is 2.12 bits per heavy atom. The van der Waals surface area contributed by atoms with Crippen LogP contribution in [0, 0.1) is 0 Å². The van der Waals surface area contributed by atoms with Crippen LogP contribution in [-0.4, -0.2) is 23.3 Å². The van der Waals surface area contributed by atoms with Gasteiger partial charge in [0.2, 0.25) is 11.8 Å². The summed E-state index contributed by atoms with van der Waals surface area (Å²) in [4.78, 5) is 21.9. The molecule has 0 fully saturated rings. The van der Waals surface area contributed by atoms with Gasteiger partial charge in [-0.3, -0.25) is 9.59 Å². The Bertz CT molecular complexity index is 442. The first-order chi connectivity index (χ1) is 7.99. The smallest absolute Gasteiger partial charge is 0.234 e. The zero-order valence-corrected chi connectivity index (χ0v) is 11.9. The van der Waals surface area contributed by atoms with E-state index in [0.29, 0.717) is 15.2 Å². The number of nitrogens with two attached hydrogens (primary N) is 1. The van der Waals surface area contributed by atoms with Crippen LogP contribution in [0.15, 0.2) is 22.7 Å². The van der Waals surface area contributed by atoms with Crippen LogP contribution < -0.4 is 11.1 Å². The minimum absolute atomic E-state index is 0.137. The van der Waals surface area contributed by atoms with Crippen molar-refractivity contribution in [1.82, 2.24) is 0 Å². The number of carbonyl (C=O) groups excluding carboxylic acids is 2. The van der Waals surface area contributed by atoms with Crippen LogP contribution in [-0.2, 0) is 9.59 Å². The Hall–Kier alpha value is -0.720. The number of benzene rings is 1. The number of anilines is 1. The molecule has 1 aromatic rings. The van der Waals surface area contributed by atoms with Crippen molar-refractivity contribution in [1.29, 1.82) is 0 Å². The van der Waals surface area contributed by atoms with E-state index in [1.807, 2.05) is 0 Å². The van der Waals surface area contributed by atoms with Crippen molar-refractivity contribution in [3.63, 3.8) is 0 Å². The lowest BCUT2D eigenvalue weighted by Crippen LogP contribution is -2.18. The third-order valence-corrected chi connectivity index (χ3v) is 3.85. The van der Waals surface area contributed by atoms with Gasteiger partial charge in [-0.25, -0.2) is 0 Å². The van der Waals surface area contributed by atoms with Crippen molar-refractivity contribution >= 4 is 56.8 Å². The van der Waals surface area contributed by atoms with Crippen LogP contribution in [0.2, 0.25) is 5.02 Å². The van der Waals surface area contributed by atoms with Gasteiger partial charge >= 0.3 is 0 Å². The second kappa shape index (κ2) is 6.88. The van der Waals surface area contributed by atoms with Crippen LogP contribution in [0.4, 0.5) is 5.69 Å². The Morgan fingerprint density at radius 1 is 1.41 bits per heavy atom. The summed E-state index contributed by atoms with van der Waals surface area (Å²) < 4.78 is 0.710. The lowest BCUT2D eigenvalue weighted by atomic mass is 10.3. The molecule has 0 aliphatic carbocycles. The van der Waals surface area contributed by atoms with Crippen molar-refractivity contribution in [3.05, 3.63) is 27.7 Å². The van der Waals surface area contributed by atoms with E-state index in [9.17, 15) is 9.59 Å². The fourth-order valence-electron chi connectivity index (χ4n) is 1.02. The van der Waals surface area contributed by atoms with Gasteiger partial charge in [0.15, 0.2) is 0 Å². The molecule has 0 aliphatic rings. The molecule has 17 heavy (non-hydrogen) atoms. The summed E-state index contributed by atoms with van der Waals surface area (Å²) in [6.07, 6.45) is 0. The minimum atomic E-state index is -0.433. The maximum atomic E-state index is 11.5. The number of halogens is 2. The molecule has 1 aromatic carbocycles. The van der Waals surface area contributed by atoms with Gasteiger partial charge in [-0.15, -0.1) is 11.8 Å². The van der Waals surface area contributed by atoms with Gasteiger partial charge in [0, 0.05) is 10.2 Å². The fraction of sp³-hybridized carbons (Fsp3) is 0.200. The lowest BCUT2D eigenvalue weighted by Gasteiger charge is -2.05. The molecule has 2 amide bonds. The van der Waals surface area contributed by atoms with Gasteiger partial charge in [0.1, 0.15) is 0 Å². The molecule has 0 spiro atoms. The third-order valence-electron chi connectivity index (χ3n) is 1.68. The van der Waals surface area contributed by atoms with E-state index < -0.39 is 5.91 Å². The Labute approximate surface area is 116 Å². The van der Waals surface area contributed by atoms with Gasteiger partial charge in [0.05, 0.1) is 16.5 Å². The van der Waals surface area contributed by atoms with Crippen molar-refractivity contribution in [2.24, 2.45) is 5.73 Å². The largest absolute Gasteiger partial charge is 0.369 e. The molecule has 0 heterocycles. The third kappa shape index (κ3) is 5.43. The predicted octanol–water partition coefficient (Wildman–Crippen LogP) is 2.26. The number of nitrogens with one attached hydrogen (secondary N) is 1. The fourth-order valence-corrected chi connectivity index (χ4v) is 2.07. The first-order valence-corrected chi connectivity index (χ1v) is 6.92. The molecule has 0 unspecified atom stereocenters. The van der Waals surface area contributed by atoms with E-state index in [1.165, 1.54) is 11.8 Å². The predicted molar refractivity (Wildman–Crippen MR) is 74.3 cm³/mol. The second-order valence-corrected chi connectivity index (χ2v) is 5.38. The van der Waals surface area contributed by atoms with Crippen molar-refractivity contribution in [2.45, 2.75) is 0 Å². The summed E-state index contributed by atoms with van der Waals surface area (Å²) in [5.41, 5.74) is 5.60. The Morgan fingerprint density at radius 3 is 2.71 bits per heavy atom. The zero-order chi connectivity index (χ0) is 12.8. The Kier molecular flexibility index (Phi) is 5.80. The van der Waals surface area contributed by atoms with Crippen molar-refractivity contribution < 1.29 is 9.59 Å². The molecule has 0 aliphatic heterocycles. The van der Waals surface area contributed by atoms with Crippen LogP contribution in [0.25, 0.3) is 0 Å². The SMILES string of the molecule is NC(=O)CSCC(=O)Nc1ccc(Cl)c(Br)c1. The molecule has 0 bridgehead atoms. The number of carbonyl (C=O) groups is 2. The monoisotopic (exact) mass is 336 g/mol. The van der Waals surface area contributed by atoms with E-state index in [2.05, 4.69) is 21.2 Å². The van der Waals surface area contributed by atoms with Crippen LogP contribution >= 0.6 is 39.3 Å². The number of rotatable bonds is 5. The number of hydrogen-bond donors (Lipinski definition) is 2. The summed E-state index contributed by atoms with van der Waals surface area (Å²) in [7, 11) is 0. The molecule has 7 heteroatoms. The second-order valence-electron chi connectivity index (χ2n) is 3.14. The molecule has 0 radical (unpaired) electrons. The highest BCUT2D eigenvalue weighted by Gasteiger charge is 2.05. The number of hydrogen-bond acceptors (Lipinski definition) is 3. The average molecular weight is 338 g/mol. The molecule has 1 rings (SSSR count). The van der Waals surface area contributed by atoms with E-state index in [-0.39, 0.29) is 17.4 Å². The Balaban J connectivity index is 2.45. The number of thioether (sulfide) groups is 1. The number of primary amides is 1. The quantitative estimate of drug-likeness (QED) is 0.865. The standard InChI is InChI=1S/C10H10BrClN2O2S/c11-7-3-6(1-2-8(7)12)14-10(16)5-17-4-9(13)15/h1-3H,4-5H2,(H2,13,15)(H,14,16). The summed E-state index contributed by atoms with van der Waals surface area (Å²) in [5, 5.41) is 3.26. The summed E-state index contributed by atoms with van der Waals surface area (Å²) >= 11 is 10.3. The minimum Gasteiger partial charge on any atom is -0.369 e. The van der Waals surface area contributed by atoms with Crippen LogP contribution in [0.5, 0.6) is 0 Å². The topological polar surface area (TPSA) is 72.2 Å². The van der Waals surface area contributed by atoms with E-state index in [4.69, 9.17) is 17.3 Å². The first kappa shape index (κ1) is 14.3. The molecule has 0 aromatic heterocycles.